The molecule has 2 aliphatic rings. The maximum absolute atomic E-state index is 10.3. The molecule has 4 nitrogen and oxygen atoms in total. The van der Waals surface area contributed by atoms with Crippen LogP contribution in [0.5, 0.6) is 11.5 Å². The molecule has 0 saturated carbocycles. The lowest BCUT2D eigenvalue weighted by Crippen LogP contribution is -2.48. The van der Waals surface area contributed by atoms with Crippen LogP contribution >= 0.6 is 0 Å². The van der Waals surface area contributed by atoms with Crippen molar-refractivity contribution >= 4 is 16.8 Å². The Morgan fingerprint density at radius 1 is 0.824 bits per heavy atom. The third kappa shape index (κ3) is 4.43. The van der Waals surface area contributed by atoms with E-state index in [1.54, 1.807) is 13.2 Å². The molecule has 176 valence electrons. The summed E-state index contributed by atoms with van der Waals surface area (Å²) in [5.41, 5.74) is 8.57. The normalized spacial score (nSPS) is 16.6. The second-order valence-corrected chi connectivity index (χ2v) is 9.59. The van der Waals surface area contributed by atoms with Gasteiger partial charge in [0.1, 0.15) is 11.5 Å². The number of methoxy groups -OCH3 is 1. The molecule has 0 amide bonds. The summed E-state index contributed by atoms with van der Waals surface area (Å²) in [6.45, 7) is 8.89. The zero-order valence-electron chi connectivity index (χ0n) is 20.4. The summed E-state index contributed by atoms with van der Waals surface area (Å²) >= 11 is 0. The molecule has 1 fully saturated rings. The molecule has 3 aromatic carbocycles. The van der Waals surface area contributed by atoms with Gasteiger partial charge >= 0.3 is 0 Å². The highest BCUT2D eigenvalue weighted by Gasteiger charge is 2.23. The molecule has 3 aromatic rings. The second-order valence-electron chi connectivity index (χ2n) is 9.59. The fraction of sp³-hybridized carbons (Fsp3) is 0.333. The monoisotopic (exact) mass is 454 g/mol. The predicted octanol–water partition coefficient (Wildman–Crippen LogP) is 5.84. The summed E-state index contributed by atoms with van der Waals surface area (Å²) in [7, 11) is 1.71. The first kappa shape index (κ1) is 22.5. The maximum atomic E-state index is 10.3. The van der Waals surface area contributed by atoms with E-state index in [4.69, 9.17) is 4.74 Å². The van der Waals surface area contributed by atoms with Gasteiger partial charge in [-0.1, -0.05) is 30.3 Å². The van der Waals surface area contributed by atoms with E-state index < -0.39 is 0 Å². The van der Waals surface area contributed by atoms with Crippen LogP contribution in [0.15, 0.2) is 66.7 Å². The van der Waals surface area contributed by atoms with Crippen LogP contribution in [0.2, 0.25) is 0 Å². The lowest BCUT2D eigenvalue weighted by atomic mass is 9.79. The largest absolute Gasteiger partial charge is 0.508 e. The number of hydrogen-bond donors (Lipinski definition) is 1. The number of hydrogen-bond acceptors (Lipinski definition) is 4. The van der Waals surface area contributed by atoms with Crippen molar-refractivity contribution in [3.63, 3.8) is 0 Å². The standard InChI is InChI=1S/C30H34N2O2/c1-21(2)31-15-17-32(18-16-31)25-11-7-23(8-12-25)30-28(24-5-4-6-27(19-24)34-3)14-10-22-9-13-26(33)20-29(22)30/h4-9,11-13,19-21,33H,10,14-18H2,1-3H3. The molecule has 1 aliphatic heterocycles. The zero-order valence-corrected chi connectivity index (χ0v) is 20.4. The van der Waals surface area contributed by atoms with Crippen LogP contribution in [0, 0.1) is 0 Å². The molecule has 0 bridgehead atoms. The number of nitrogens with zero attached hydrogens (tertiary/aromatic N) is 2. The Morgan fingerprint density at radius 3 is 2.29 bits per heavy atom. The first-order chi connectivity index (χ1) is 16.5. The van der Waals surface area contributed by atoms with Crippen molar-refractivity contribution in [2.75, 3.05) is 38.2 Å². The molecule has 34 heavy (non-hydrogen) atoms. The minimum absolute atomic E-state index is 0.308. The molecule has 5 rings (SSSR count). The summed E-state index contributed by atoms with van der Waals surface area (Å²) in [5, 5.41) is 10.3. The number of benzene rings is 3. The van der Waals surface area contributed by atoms with E-state index >= 15 is 0 Å². The number of rotatable bonds is 5. The van der Waals surface area contributed by atoms with Crippen LogP contribution in [-0.4, -0.2) is 49.3 Å². The molecular formula is C30H34N2O2. The van der Waals surface area contributed by atoms with Gasteiger partial charge in [0.25, 0.3) is 0 Å². The Balaban J connectivity index is 1.53. The Morgan fingerprint density at radius 2 is 1.59 bits per heavy atom. The molecule has 0 unspecified atom stereocenters. The van der Waals surface area contributed by atoms with Crippen molar-refractivity contribution in [2.24, 2.45) is 0 Å². The van der Waals surface area contributed by atoms with Crippen molar-refractivity contribution in [3.05, 3.63) is 89.0 Å². The van der Waals surface area contributed by atoms with E-state index in [0.717, 1.165) is 50.3 Å². The third-order valence-corrected chi connectivity index (χ3v) is 7.29. The number of phenolic OH excluding ortho intramolecular Hbond substituents is 1. The van der Waals surface area contributed by atoms with E-state index in [0.29, 0.717) is 11.8 Å². The van der Waals surface area contributed by atoms with Crippen LogP contribution < -0.4 is 9.64 Å². The summed E-state index contributed by atoms with van der Waals surface area (Å²) in [4.78, 5) is 5.03. The topological polar surface area (TPSA) is 35.9 Å². The van der Waals surface area contributed by atoms with Gasteiger partial charge in [-0.3, -0.25) is 4.90 Å². The van der Waals surface area contributed by atoms with E-state index in [9.17, 15) is 5.11 Å². The van der Waals surface area contributed by atoms with E-state index in [-0.39, 0.29) is 0 Å². The van der Waals surface area contributed by atoms with Crippen molar-refractivity contribution in [1.29, 1.82) is 0 Å². The molecular weight excluding hydrogens is 420 g/mol. The van der Waals surface area contributed by atoms with Gasteiger partial charge in [0.05, 0.1) is 7.11 Å². The van der Waals surface area contributed by atoms with E-state index in [2.05, 4.69) is 72.2 Å². The highest BCUT2D eigenvalue weighted by Crippen LogP contribution is 2.42. The number of anilines is 1. The average molecular weight is 455 g/mol. The highest BCUT2D eigenvalue weighted by atomic mass is 16.5. The molecule has 1 N–H and O–H groups in total. The van der Waals surface area contributed by atoms with Crippen LogP contribution in [-0.2, 0) is 6.42 Å². The zero-order chi connectivity index (χ0) is 23.7. The Hall–Kier alpha value is -3.24. The summed E-state index contributed by atoms with van der Waals surface area (Å²) in [6.07, 6.45) is 1.92. The highest BCUT2D eigenvalue weighted by molar-refractivity contribution is 6.01. The number of allylic oxidation sites excluding steroid dienone is 1. The van der Waals surface area contributed by atoms with Gasteiger partial charge in [-0.15, -0.1) is 0 Å². The quantitative estimate of drug-likeness (QED) is 0.526. The molecule has 0 atom stereocenters. The smallest absolute Gasteiger partial charge is 0.119 e. The number of aryl methyl sites for hydroxylation is 1. The van der Waals surface area contributed by atoms with Crippen LogP contribution in [0.4, 0.5) is 5.69 Å². The van der Waals surface area contributed by atoms with Gasteiger partial charge in [-0.05, 0) is 96.5 Å². The predicted molar refractivity (Wildman–Crippen MR) is 141 cm³/mol. The number of fused-ring (bicyclic) bond motifs is 1. The lowest BCUT2D eigenvalue weighted by molar-refractivity contribution is 0.209. The summed E-state index contributed by atoms with van der Waals surface area (Å²) in [5.74, 6) is 1.17. The molecule has 1 aliphatic carbocycles. The molecule has 1 saturated heterocycles. The van der Waals surface area contributed by atoms with Gasteiger partial charge in [0.15, 0.2) is 0 Å². The fourth-order valence-electron chi connectivity index (χ4n) is 5.33. The number of piperazine rings is 1. The first-order valence-corrected chi connectivity index (χ1v) is 12.3. The van der Waals surface area contributed by atoms with E-state index in [1.807, 2.05) is 12.1 Å². The minimum Gasteiger partial charge on any atom is -0.508 e. The van der Waals surface area contributed by atoms with Crippen LogP contribution in [0.1, 0.15) is 42.5 Å². The maximum Gasteiger partial charge on any atom is 0.119 e. The molecule has 4 heteroatoms. The molecule has 0 radical (unpaired) electrons. The number of ether oxygens (including phenoxy) is 1. The Labute approximate surface area is 203 Å². The van der Waals surface area contributed by atoms with Crippen LogP contribution in [0.3, 0.4) is 0 Å². The number of phenols is 1. The van der Waals surface area contributed by atoms with E-state index in [1.165, 1.54) is 33.5 Å². The van der Waals surface area contributed by atoms with Gasteiger partial charge in [0.2, 0.25) is 0 Å². The van der Waals surface area contributed by atoms with Crippen molar-refractivity contribution in [1.82, 2.24) is 4.90 Å². The van der Waals surface area contributed by atoms with Crippen molar-refractivity contribution in [2.45, 2.75) is 32.7 Å². The fourth-order valence-corrected chi connectivity index (χ4v) is 5.33. The second kappa shape index (κ2) is 9.55. The molecule has 1 heterocycles. The number of aromatic hydroxyl groups is 1. The summed E-state index contributed by atoms with van der Waals surface area (Å²) in [6, 6.07) is 23.7. The molecule has 0 aromatic heterocycles. The van der Waals surface area contributed by atoms with Crippen LogP contribution in [0.25, 0.3) is 11.1 Å². The lowest BCUT2D eigenvalue weighted by Gasteiger charge is -2.38. The van der Waals surface area contributed by atoms with Crippen molar-refractivity contribution < 1.29 is 9.84 Å². The van der Waals surface area contributed by atoms with Gasteiger partial charge in [-0.2, -0.15) is 0 Å². The first-order valence-electron chi connectivity index (χ1n) is 12.3. The Kier molecular flexibility index (Phi) is 6.34. The SMILES string of the molecule is COc1cccc(C2=C(c3ccc(N4CCN(C(C)C)CC4)cc3)c3cc(O)ccc3CC2)c1. The average Bonchev–Trinajstić information content (AvgIpc) is 2.88. The third-order valence-electron chi connectivity index (χ3n) is 7.29. The van der Waals surface area contributed by atoms with Crippen molar-refractivity contribution in [3.8, 4) is 11.5 Å². The molecule has 0 spiro atoms. The Bertz CT molecular complexity index is 1190. The summed E-state index contributed by atoms with van der Waals surface area (Å²) < 4.78 is 5.51. The minimum atomic E-state index is 0.308. The van der Waals surface area contributed by atoms with Gasteiger partial charge in [0, 0.05) is 37.9 Å². The van der Waals surface area contributed by atoms with Gasteiger partial charge < -0.3 is 14.7 Å². The van der Waals surface area contributed by atoms with Gasteiger partial charge in [-0.25, -0.2) is 0 Å².